The Bertz CT molecular complexity index is 351. The van der Waals surface area contributed by atoms with E-state index in [2.05, 4.69) is 0 Å². The summed E-state index contributed by atoms with van der Waals surface area (Å²) >= 11 is 5.53. The summed E-state index contributed by atoms with van der Waals surface area (Å²) < 4.78 is 0. The Hall–Kier alpha value is -1.02. The topological polar surface area (TPSA) is 20.3 Å². The molecule has 0 aromatic heterocycles. The van der Waals surface area contributed by atoms with Gasteiger partial charge in [0.15, 0.2) is 0 Å². The first-order valence-corrected chi connectivity index (χ1v) is 5.48. The average Bonchev–Trinajstić information content (AvgIpc) is 2.26. The predicted octanol–water partition coefficient (Wildman–Crippen LogP) is 2.75. The molecule has 2 nitrogen and oxygen atoms in total. The second-order valence-corrected chi connectivity index (χ2v) is 3.94. The summed E-state index contributed by atoms with van der Waals surface area (Å²) in [5.41, 5.74) is 2.36. The Morgan fingerprint density at radius 1 is 1.47 bits per heavy atom. The quantitative estimate of drug-likeness (QED) is 0.725. The van der Waals surface area contributed by atoms with Gasteiger partial charge in [0.05, 0.1) is 6.04 Å². The van der Waals surface area contributed by atoms with Crippen LogP contribution in [0.15, 0.2) is 24.3 Å². The van der Waals surface area contributed by atoms with E-state index in [1.165, 1.54) is 11.1 Å². The van der Waals surface area contributed by atoms with E-state index in [4.69, 9.17) is 11.6 Å². The number of aryl methyl sites for hydroxylation is 1. The monoisotopic (exact) mass is 225 g/mol. The number of rotatable bonds is 3. The van der Waals surface area contributed by atoms with Crippen molar-refractivity contribution in [1.29, 1.82) is 0 Å². The van der Waals surface area contributed by atoms with E-state index in [-0.39, 0.29) is 17.8 Å². The van der Waals surface area contributed by atoms with Gasteiger partial charge in [0.25, 0.3) is 0 Å². The minimum absolute atomic E-state index is 0.0344. The standard InChI is InChI=1S/C12H16ClNO/c1-9-6-4-5-7-11(9)10(2)14(3)12(15)8-13/h4-7,10H,8H2,1-3H3/t10-/m1/s1. The fourth-order valence-electron chi connectivity index (χ4n) is 1.57. The summed E-state index contributed by atoms with van der Waals surface area (Å²) in [5, 5.41) is 0. The zero-order valence-corrected chi connectivity index (χ0v) is 10.1. The third-order valence-corrected chi connectivity index (χ3v) is 2.96. The van der Waals surface area contributed by atoms with Gasteiger partial charge in [0.1, 0.15) is 5.88 Å². The molecule has 1 rings (SSSR count). The summed E-state index contributed by atoms with van der Waals surface area (Å²) in [5.74, 6) is -0.0142. The lowest BCUT2D eigenvalue weighted by molar-refractivity contribution is -0.129. The summed E-state index contributed by atoms with van der Waals surface area (Å²) in [6.45, 7) is 4.05. The number of carbonyl (C=O) groups is 1. The van der Waals surface area contributed by atoms with Gasteiger partial charge in [0, 0.05) is 7.05 Å². The van der Waals surface area contributed by atoms with Gasteiger partial charge in [-0.25, -0.2) is 0 Å². The van der Waals surface area contributed by atoms with Crippen LogP contribution < -0.4 is 0 Å². The molecule has 0 heterocycles. The lowest BCUT2D eigenvalue weighted by Gasteiger charge is -2.25. The first kappa shape index (κ1) is 12.1. The minimum atomic E-state index is -0.0487. The molecule has 1 aromatic rings. The van der Waals surface area contributed by atoms with E-state index in [0.29, 0.717) is 0 Å². The normalized spacial score (nSPS) is 12.3. The van der Waals surface area contributed by atoms with E-state index in [9.17, 15) is 4.79 Å². The molecule has 0 aliphatic carbocycles. The van der Waals surface area contributed by atoms with Crippen molar-refractivity contribution in [2.24, 2.45) is 0 Å². The van der Waals surface area contributed by atoms with Crippen molar-refractivity contribution in [1.82, 2.24) is 4.90 Å². The van der Waals surface area contributed by atoms with Crippen LogP contribution >= 0.6 is 11.6 Å². The molecule has 0 saturated carbocycles. The van der Waals surface area contributed by atoms with E-state index in [1.807, 2.05) is 38.1 Å². The first-order valence-electron chi connectivity index (χ1n) is 4.95. The molecule has 0 saturated heterocycles. The van der Waals surface area contributed by atoms with E-state index in [0.717, 1.165) is 0 Å². The van der Waals surface area contributed by atoms with Crippen LogP contribution in [0, 0.1) is 6.92 Å². The molecule has 82 valence electrons. The molecule has 0 unspecified atom stereocenters. The van der Waals surface area contributed by atoms with Crippen LogP contribution in [0.25, 0.3) is 0 Å². The Kier molecular flexibility index (Phi) is 4.15. The van der Waals surface area contributed by atoms with Gasteiger partial charge >= 0.3 is 0 Å². The van der Waals surface area contributed by atoms with Crippen molar-refractivity contribution in [2.75, 3.05) is 12.9 Å². The molecule has 1 atom stereocenters. The highest BCUT2D eigenvalue weighted by atomic mass is 35.5. The van der Waals surface area contributed by atoms with Crippen LogP contribution in [0.2, 0.25) is 0 Å². The second-order valence-electron chi connectivity index (χ2n) is 3.67. The predicted molar refractivity (Wildman–Crippen MR) is 63.1 cm³/mol. The Morgan fingerprint density at radius 2 is 2.07 bits per heavy atom. The van der Waals surface area contributed by atoms with Gasteiger partial charge in [-0.2, -0.15) is 0 Å². The highest BCUT2D eigenvalue weighted by molar-refractivity contribution is 6.27. The van der Waals surface area contributed by atoms with Gasteiger partial charge < -0.3 is 4.90 Å². The molecule has 15 heavy (non-hydrogen) atoms. The molecule has 1 amide bonds. The van der Waals surface area contributed by atoms with E-state index >= 15 is 0 Å². The maximum Gasteiger partial charge on any atom is 0.237 e. The largest absolute Gasteiger partial charge is 0.338 e. The van der Waals surface area contributed by atoms with Crippen molar-refractivity contribution in [3.63, 3.8) is 0 Å². The van der Waals surface area contributed by atoms with Crippen molar-refractivity contribution in [2.45, 2.75) is 19.9 Å². The maximum absolute atomic E-state index is 11.4. The summed E-state index contributed by atoms with van der Waals surface area (Å²) in [6.07, 6.45) is 0. The average molecular weight is 226 g/mol. The zero-order chi connectivity index (χ0) is 11.4. The van der Waals surface area contributed by atoms with Gasteiger partial charge in [-0.1, -0.05) is 24.3 Å². The number of carbonyl (C=O) groups excluding carboxylic acids is 1. The fraction of sp³-hybridized carbons (Fsp3) is 0.417. The number of hydrogen-bond donors (Lipinski definition) is 0. The van der Waals surface area contributed by atoms with Gasteiger partial charge in [-0.3, -0.25) is 4.79 Å². The van der Waals surface area contributed by atoms with Crippen LogP contribution in [0.5, 0.6) is 0 Å². The van der Waals surface area contributed by atoms with Crippen molar-refractivity contribution in [3.05, 3.63) is 35.4 Å². The molecule has 0 N–H and O–H groups in total. The Morgan fingerprint density at radius 3 is 2.60 bits per heavy atom. The summed E-state index contributed by atoms with van der Waals surface area (Å²) in [7, 11) is 1.78. The number of halogens is 1. The van der Waals surface area contributed by atoms with Crippen molar-refractivity contribution < 1.29 is 4.79 Å². The first-order chi connectivity index (χ1) is 7.07. The molecule has 0 radical (unpaired) electrons. The molecule has 3 heteroatoms. The van der Waals surface area contributed by atoms with Crippen molar-refractivity contribution >= 4 is 17.5 Å². The smallest absolute Gasteiger partial charge is 0.237 e. The lowest BCUT2D eigenvalue weighted by atomic mass is 10.0. The van der Waals surface area contributed by atoms with Crippen LogP contribution in [0.4, 0.5) is 0 Å². The van der Waals surface area contributed by atoms with Gasteiger partial charge in [-0.05, 0) is 25.0 Å². The highest BCUT2D eigenvalue weighted by Gasteiger charge is 2.17. The van der Waals surface area contributed by atoms with Crippen molar-refractivity contribution in [3.8, 4) is 0 Å². The van der Waals surface area contributed by atoms with Crippen LogP contribution in [0.1, 0.15) is 24.1 Å². The molecule has 1 aromatic carbocycles. The highest BCUT2D eigenvalue weighted by Crippen LogP contribution is 2.21. The molecule has 0 aliphatic rings. The molecule has 0 fully saturated rings. The fourth-order valence-corrected chi connectivity index (χ4v) is 1.76. The zero-order valence-electron chi connectivity index (χ0n) is 9.33. The van der Waals surface area contributed by atoms with Crippen LogP contribution in [-0.4, -0.2) is 23.7 Å². The Labute approximate surface area is 95.8 Å². The van der Waals surface area contributed by atoms with Gasteiger partial charge in [-0.15, -0.1) is 11.6 Å². The van der Waals surface area contributed by atoms with E-state index in [1.54, 1.807) is 11.9 Å². The molecular formula is C12H16ClNO. The maximum atomic E-state index is 11.4. The lowest BCUT2D eigenvalue weighted by Crippen LogP contribution is -2.30. The third kappa shape index (κ3) is 2.72. The number of benzene rings is 1. The molecule has 0 bridgehead atoms. The summed E-state index contributed by atoms with van der Waals surface area (Å²) in [6, 6.07) is 8.13. The number of hydrogen-bond acceptors (Lipinski definition) is 1. The van der Waals surface area contributed by atoms with Gasteiger partial charge in [0.2, 0.25) is 5.91 Å². The number of amides is 1. The second kappa shape index (κ2) is 5.17. The van der Waals surface area contributed by atoms with Crippen LogP contribution in [-0.2, 0) is 4.79 Å². The summed E-state index contributed by atoms with van der Waals surface area (Å²) in [4.78, 5) is 13.1. The number of nitrogens with zero attached hydrogens (tertiary/aromatic N) is 1. The SMILES string of the molecule is Cc1ccccc1[C@@H](C)N(C)C(=O)CCl. The molecule has 0 aliphatic heterocycles. The minimum Gasteiger partial charge on any atom is -0.338 e. The third-order valence-electron chi connectivity index (χ3n) is 2.73. The van der Waals surface area contributed by atoms with E-state index < -0.39 is 0 Å². The number of alkyl halides is 1. The molecule has 0 spiro atoms. The Balaban J connectivity index is 2.89. The van der Waals surface area contributed by atoms with Crippen LogP contribution in [0.3, 0.4) is 0 Å². The molecular weight excluding hydrogens is 210 g/mol.